The van der Waals surface area contributed by atoms with Crippen LogP contribution in [-0.2, 0) is 4.74 Å². The summed E-state index contributed by atoms with van der Waals surface area (Å²) in [5.41, 5.74) is 1.05. The number of rotatable bonds is 3. The highest BCUT2D eigenvalue weighted by atomic mass is 35.5. The van der Waals surface area contributed by atoms with Gasteiger partial charge in [-0.25, -0.2) is 9.99 Å². The highest BCUT2D eigenvalue weighted by molar-refractivity contribution is 6.28. The molecular formula is C14H15ClN4O. The number of hydrazine groups is 1. The number of anilines is 2. The Labute approximate surface area is 122 Å². The Morgan fingerprint density at radius 2 is 1.85 bits per heavy atom. The van der Waals surface area contributed by atoms with Crippen molar-refractivity contribution in [1.29, 1.82) is 0 Å². The Hall–Kier alpha value is -1.69. The van der Waals surface area contributed by atoms with Gasteiger partial charge in [-0.05, 0) is 23.7 Å². The Kier molecular flexibility index (Phi) is 4.11. The van der Waals surface area contributed by atoms with E-state index < -0.39 is 0 Å². The van der Waals surface area contributed by atoms with Gasteiger partial charge in [-0.1, -0.05) is 18.2 Å². The van der Waals surface area contributed by atoms with E-state index in [2.05, 4.69) is 20.0 Å². The molecule has 0 amide bonds. The minimum absolute atomic E-state index is 0.247. The molecule has 5 nitrogen and oxygen atoms in total. The van der Waals surface area contributed by atoms with Gasteiger partial charge in [-0.2, -0.15) is 4.98 Å². The van der Waals surface area contributed by atoms with Crippen LogP contribution >= 0.6 is 11.6 Å². The molecule has 0 bridgehead atoms. The lowest BCUT2D eigenvalue weighted by Crippen LogP contribution is -2.46. The van der Waals surface area contributed by atoms with Crippen molar-refractivity contribution >= 4 is 23.1 Å². The number of para-hydroxylation sites is 1. The summed E-state index contributed by atoms with van der Waals surface area (Å²) in [6, 6.07) is 12.0. The molecule has 104 valence electrons. The third kappa shape index (κ3) is 2.90. The van der Waals surface area contributed by atoms with Crippen molar-refractivity contribution in [2.75, 3.05) is 31.3 Å². The van der Waals surface area contributed by atoms with E-state index in [-0.39, 0.29) is 5.28 Å². The van der Waals surface area contributed by atoms with Gasteiger partial charge in [0.1, 0.15) is 0 Å². The fourth-order valence-electron chi connectivity index (χ4n) is 2.21. The quantitative estimate of drug-likeness (QED) is 0.813. The lowest BCUT2D eigenvalue weighted by atomic mass is 10.3. The van der Waals surface area contributed by atoms with Gasteiger partial charge in [0.05, 0.1) is 18.9 Å². The van der Waals surface area contributed by atoms with E-state index in [0.717, 1.165) is 24.6 Å². The smallest absolute Gasteiger partial charge is 0.224 e. The summed E-state index contributed by atoms with van der Waals surface area (Å²) in [6.07, 6.45) is 1.67. The topological polar surface area (TPSA) is 41.5 Å². The molecule has 2 heterocycles. The zero-order valence-corrected chi connectivity index (χ0v) is 11.7. The van der Waals surface area contributed by atoms with Crippen LogP contribution in [0.15, 0.2) is 42.6 Å². The first-order valence-corrected chi connectivity index (χ1v) is 6.89. The third-order valence-electron chi connectivity index (χ3n) is 3.10. The minimum atomic E-state index is 0.247. The Bertz CT molecular complexity index is 560. The van der Waals surface area contributed by atoms with Crippen LogP contribution in [0.2, 0.25) is 5.28 Å². The molecule has 6 heteroatoms. The second-order valence-corrected chi connectivity index (χ2v) is 4.74. The molecule has 0 saturated carbocycles. The minimum Gasteiger partial charge on any atom is -0.379 e. The number of halogens is 1. The Morgan fingerprint density at radius 1 is 1.10 bits per heavy atom. The van der Waals surface area contributed by atoms with Crippen molar-refractivity contribution < 1.29 is 4.74 Å². The first-order valence-electron chi connectivity index (χ1n) is 6.51. The van der Waals surface area contributed by atoms with Crippen LogP contribution in [0.4, 0.5) is 11.5 Å². The summed E-state index contributed by atoms with van der Waals surface area (Å²) < 4.78 is 5.42. The monoisotopic (exact) mass is 290 g/mol. The highest BCUT2D eigenvalue weighted by Crippen LogP contribution is 2.26. The average molecular weight is 291 g/mol. The number of benzene rings is 1. The number of hydrogen-bond donors (Lipinski definition) is 0. The second kappa shape index (κ2) is 6.17. The maximum atomic E-state index is 5.92. The first-order chi connectivity index (χ1) is 9.84. The van der Waals surface area contributed by atoms with Crippen LogP contribution in [0.25, 0.3) is 0 Å². The van der Waals surface area contributed by atoms with Crippen molar-refractivity contribution in [3.8, 4) is 0 Å². The van der Waals surface area contributed by atoms with Crippen LogP contribution in [0, 0.1) is 0 Å². The van der Waals surface area contributed by atoms with E-state index in [9.17, 15) is 0 Å². The maximum Gasteiger partial charge on any atom is 0.224 e. The Morgan fingerprint density at radius 3 is 2.55 bits per heavy atom. The third-order valence-corrected chi connectivity index (χ3v) is 3.28. The van der Waals surface area contributed by atoms with Crippen LogP contribution < -0.4 is 5.01 Å². The number of hydrogen-bond acceptors (Lipinski definition) is 5. The number of ether oxygens (including phenoxy) is 1. The summed E-state index contributed by atoms with van der Waals surface area (Å²) >= 11 is 5.92. The maximum absolute atomic E-state index is 5.92. The molecular weight excluding hydrogens is 276 g/mol. The van der Waals surface area contributed by atoms with Gasteiger partial charge in [0, 0.05) is 25.4 Å². The molecule has 0 atom stereocenters. The Balaban J connectivity index is 1.98. The van der Waals surface area contributed by atoms with Gasteiger partial charge in [-0.15, -0.1) is 0 Å². The van der Waals surface area contributed by atoms with E-state index in [4.69, 9.17) is 16.3 Å². The molecule has 1 fully saturated rings. The largest absolute Gasteiger partial charge is 0.379 e. The van der Waals surface area contributed by atoms with E-state index >= 15 is 0 Å². The second-order valence-electron chi connectivity index (χ2n) is 4.40. The van der Waals surface area contributed by atoms with E-state index in [1.807, 2.05) is 36.4 Å². The fraction of sp³-hybridized carbons (Fsp3) is 0.286. The van der Waals surface area contributed by atoms with Crippen molar-refractivity contribution in [3.63, 3.8) is 0 Å². The number of aromatic nitrogens is 2. The van der Waals surface area contributed by atoms with Crippen LogP contribution in [0.1, 0.15) is 0 Å². The van der Waals surface area contributed by atoms with Gasteiger partial charge in [0.2, 0.25) is 5.28 Å². The number of morpholine rings is 1. The summed E-state index contributed by atoms with van der Waals surface area (Å²) in [5.74, 6) is 0.762. The standard InChI is InChI=1S/C14H15ClN4O/c15-14-16-7-6-13(17-14)19(12-4-2-1-3-5-12)18-8-10-20-11-9-18/h1-7H,8-11H2. The van der Waals surface area contributed by atoms with E-state index in [1.54, 1.807) is 6.20 Å². The van der Waals surface area contributed by atoms with Crippen molar-refractivity contribution in [1.82, 2.24) is 15.0 Å². The van der Waals surface area contributed by atoms with Crippen LogP contribution in [0.5, 0.6) is 0 Å². The summed E-state index contributed by atoms with van der Waals surface area (Å²) in [4.78, 5) is 8.27. The predicted molar refractivity (Wildman–Crippen MR) is 78.0 cm³/mol. The first kappa shape index (κ1) is 13.3. The zero-order chi connectivity index (χ0) is 13.8. The van der Waals surface area contributed by atoms with Crippen LogP contribution in [0.3, 0.4) is 0 Å². The van der Waals surface area contributed by atoms with Gasteiger partial charge in [0.25, 0.3) is 0 Å². The molecule has 0 N–H and O–H groups in total. The molecule has 3 rings (SSSR count). The molecule has 0 aliphatic carbocycles. The van der Waals surface area contributed by atoms with Crippen molar-refractivity contribution in [2.24, 2.45) is 0 Å². The highest BCUT2D eigenvalue weighted by Gasteiger charge is 2.21. The molecule has 1 saturated heterocycles. The van der Waals surface area contributed by atoms with E-state index in [0.29, 0.717) is 13.2 Å². The van der Waals surface area contributed by atoms with Gasteiger partial charge >= 0.3 is 0 Å². The molecule has 0 spiro atoms. The molecule has 0 radical (unpaired) electrons. The lowest BCUT2D eigenvalue weighted by molar-refractivity contribution is 0.0375. The molecule has 1 aromatic carbocycles. The van der Waals surface area contributed by atoms with Crippen molar-refractivity contribution in [2.45, 2.75) is 0 Å². The molecule has 2 aromatic rings. The van der Waals surface area contributed by atoms with Crippen LogP contribution in [-0.4, -0.2) is 41.3 Å². The SMILES string of the molecule is Clc1nccc(N(c2ccccc2)N2CCOCC2)n1. The van der Waals surface area contributed by atoms with Crippen molar-refractivity contribution in [3.05, 3.63) is 47.9 Å². The molecule has 20 heavy (non-hydrogen) atoms. The molecule has 1 aliphatic heterocycles. The zero-order valence-electron chi connectivity index (χ0n) is 10.9. The molecule has 0 unspecified atom stereocenters. The van der Waals surface area contributed by atoms with Gasteiger partial charge in [0.15, 0.2) is 5.82 Å². The van der Waals surface area contributed by atoms with Gasteiger partial charge in [-0.3, -0.25) is 5.01 Å². The van der Waals surface area contributed by atoms with E-state index in [1.165, 1.54) is 0 Å². The van der Waals surface area contributed by atoms with Gasteiger partial charge < -0.3 is 4.74 Å². The lowest BCUT2D eigenvalue weighted by Gasteiger charge is -2.37. The molecule has 1 aromatic heterocycles. The fourth-order valence-corrected chi connectivity index (χ4v) is 2.35. The normalized spacial score (nSPS) is 16.1. The summed E-state index contributed by atoms with van der Waals surface area (Å²) in [7, 11) is 0. The summed E-state index contributed by atoms with van der Waals surface area (Å²) in [5, 5.41) is 4.52. The molecule has 1 aliphatic rings. The number of nitrogens with zero attached hydrogens (tertiary/aromatic N) is 4. The predicted octanol–water partition coefficient (Wildman–Crippen LogP) is 2.52. The summed E-state index contributed by atoms with van der Waals surface area (Å²) in [6.45, 7) is 3.05. The average Bonchev–Trinajstić information content (AvgIpc) is 2.50.